The predicted octanol–water partition coefficient (Wildman–Crippen LogP) is 0.624. The van der Waals surface area contributed by atoms with Gasteiger partial charge < -0.3 is 31.1 Å². The normalized spacial score (nSPS) is 28.6. The van der Waals surface area contributed by atoms with Gasteiger partial charge in [0.15, 0.2) is 11.4 Å². The Morgan fingerprint density at radius 3 is 2.28 bits per heavy atom. The maximum Gasteiger partial charge on any atom is 0.255 e. The van der Waals surface area contributed by atoms with Gasteiger partial charge in [-0.2, -0.15) is 0 Å². The van der Waals surface area contributed by atoms with Crippen LogP contribution in [0, 0.1) is 11.8 Å². The van der Waals surface area contributed by atoms with Gasteiger partial charge in [0.2, 0.25) is 5.78 Å². The quantitative estimate of drug-likeness (QED) is 0.323. The summed E-state index contributed by atoms with van der Waals surface area (Å²) in [5.41, 5.74) is 4.25. The smallest absolute Gasteiger partial charge is 0.255 e. The third-order valence-electron chi connectivity index (χ3n) is 8.81. The number of carbonyl (C=O) groups is 3. The van der Waals surface area contributed by atoms with E-state index >= 15 is 0 Å². The largest absolute Gasteiger partial charge is 0.508 e. The van der Waals surface area contributed by atoms with Gasteiger partial charge in [-0.15, -0.1) is 0 Å². The van der Waals surface area contributed by atoms with Crippen molar-refractivity contribution in [2.45, 2.75) is 49.9 Å². The lowest BCUT2D eigenvalue weighted by molar-refractivity contribution is -0.153. The minimum Gasteiger partial charge on any atom is -0.508 e. The molecule has 1 aromatic carbocycles. The SMILES string of the molecule is CN(C)c1c(CN(C)C2CC2)cc(O)c2c1C[C@H]1C[C@H]3[C@H](N(C)C)C(=O)C(C(N)=O)=C(O)[C@@]3(O)C(=O)C1=C2O. The van der Waals surface area contributed by atoms with Crippen LogP contribution in [0.4, 0.5) is 5.69 Å². The number of benzene rings is 1. The molecule has 2 saturated carbocycles. The minimum atomic E-state index is -2.64. The number of likely N-dealkylation sites (N-methyl/N-ethyl adjacent to an activating group) is 1. The van der Waals surface area contributed by atoms with E-state index in [1.54, 1.807) is 20.2 Å². The van der Waals surface area contributed by atoms with Crippen LogP contribution in [0.25, 0.3) is 5.76 Å². The van der Waals surface area contributed by atoms with Crippen molar-refractivity contribution in [3.8, 4) is 5.75 Å². The third kappa shape index (κ3) is 3.86. The van der Waals surface area contributed by atoms with Gasteiger partial charge in [0, 0.05) is 43.9 Å². The zero-order chi connectivity index (χ0) is 28.7. The van der Waals surface area contributed by atoms with Gasteiger partial charge in [-0.3, -0.25) is 24.2 Å². The highest BCUT2D eigenvalue weighted by atomic mass is 16.3. The van der Waals surface area contributed by atoms with E-state index in [0.29, 0.717) is 18.2 Å². The number of amides is 1. The lowest BCUT2D eigenvalue weighted by Crippen LogP contribution is -2.65. The van der Waals surface area contributed by atoms with Crippen molar-refractivity contribution in [3.63, 3.8) is 0 Å². The molecule has 6 N–H and O–H groups in total. The van der Waals surface area contributed by atoms with E-state index in [4.69, 9.17) is 5.73 Å². The lowest BCUT2D eigenvalue weighted by Gasteiger charge is -2.50. The summed E-state index contributed by atoms with van der Waals surface area (Å²) in [4.78, 5) is 45.0. The Balaban J connectivity index is 1.70. The Kier molecular flexibility index (Phi) is 6.32. The summed E-state index contributed by atoms with van der Waals surface area (Å²) in [7, 11) is 8.96. The first kappa shape index (κ1) is 27.2. The number of hydrogen-bond acceptors (Lipinski definition) is 10. The van der Waals surface area contributed by atoms with Crippen molar-refractivity contribution in [2.24, 2.45) is 17.6 Å². The minimum absolute atomic E-state index is 0.0611. The van der Waals surface area contributed by atoms with Gasteiger partial charge in [-0.1, -0.05) is 0 Å². The average Bonchev–Trinajstić information content (AvgIpc) is 3.66. The topological polar surface area (TPSA) is 168 Å². The fourth-order valence-corrected chi connectivity index (χ4v) is 6.96. The summed E-state index contributed by atoms with van der Waals surface area (Å²) in [6.07, 6.45) is 2.56. The molecule has 11 nitrogen and oxygen atoms in total. The molecule has 210 valence electrons. The number of phenols is 1. The van der Waals surface area contributed by atoms with Crippen molar-refractivity contribution in [2.75, 3.05) is 40.1 Å². The van der Waals surface area contributed by atoms with Gasteiger partial charge in [-0.05, 0) is 69.9 Å². The van der Waals surface area contributed by atoms with Crippen molar-refractivity contribution in [1.82, 2.24) is 9.80 Å². The fraction of sp³-hybridized carbons (Fsp3) is 0.536. The Bertz CT molecular complexity index is 1360. The first-order chi connectivity index (χ1) is 18.2. The Hall–Kier alpha value is -3.41. The zero-order valence-corrected chi connectivity index (χ0v) is 22.9. The molecule has 1 aromatic rings. The van der Waals surface area contributed by atoms with E-state index < -0.39 is 58.0 Å². The summed E-state index contributed by atoms with van der Waals surface area (Å²) < 4.78 is 0. The number of phenolic OH excluding ortho intramolecular Hbond substituents is 1. The van der Waals surface area contributed by atoms with Crippen LogP contribution in [0.15, 0.2) is 23.0 Å². The second-order valence-electron chi connectivity index (χ2n) is 11.8. The highest BCUT2D eigenvalue weighted by molar-refractivity contribution is 6.24. The second kappa shape index (κ2) is 9.07. The maximum atomic E-state index is 14.0. The van der Waals surface area contributed by atoms with Crippen LogP contribution in [-0.2, 0) is 27.3 Å². The molecule has 2 fully saturated rings. The summed E-state index contributed by atoms with van der Waals surface area (Å²) in [6, 6.07) is 0.978. The molecule has 0 bridgehead atoms. The standard InChI is InChI=1S/C28H36N4O7/c1-30(2)21-13(11-32(5)14-6-7-14)10-17(33)19-15(21)8-12-9-16-22(31(3)4)24(35)20(27(29)38)26(37)28(16,39)25(36)18(12)23(19)34/h10,12,14,16,22,33-34,37,39H,6-9,11H2,1-5H3,(H2,29,38)/t12-,16-,22-,28-/m0/s1. The number of nitrogens with zero attached hydrogens (tertiary/aromatic N) is 3. The van der Waals surface area contributed by atoms with Crippen LogP contribution < -0.4 is 10.6 Å². The lowest BCUT2D eigenvalue weighted by atomic mass is 9.57. The Morgan fingerprint density at radius 1 is 1.10 bits per heavy atom. The van der Waals surface area contributed by atoms with Crippen molar-refractivity contribution in [3.05, 3.63) is 39.7 Å². The zero-order valence-electron chi connectivity index (χ0n) is 22.9. The number of aliphatic hydroxyl groups is 3. The summed E-state index contributed by atoms with van der Waals surface area (Å²) in [5, 5.41) is 45.3. The number of nitrogens with two attached hydrogens (primary N) is 1. The van der Waals surface area contributed by atoms with Gasteiger partial charge in [0.05, 0.1) is 11.6 Å². The first-order valence-electron chi connectivity index (χ1n) is 13.1. The third-order valence-corrected chi connectivity index (χ3v) is 8.81. The molecule has 4 atom stereocenters. The first-order valence-corrected chi connectivity index (χ1v) is 13.1. The molecule has 4 aliphatic carbocycles. The van der Waals surface area contributed by atoms with Crippen LogP contribution in [0.1, 0.15) is 36.0 Å². The Morgan fingerprint density at radius 2 is 1.74 bits per heavy atom. The number of aliphatic hydroxyl groups excluding tert-OH is 2. The van der Waals surface area contributed by atoms with E-state index in [0.717, 1.165) is 24.1 Å². The van der Waals surface area contributed by atoms with Crippen molar-refractivity contribution < 1.29 is 34.8 Å². The second-order valence-corrected chi connectivity index (χ2v) is 11.8. The highest BCUT2D eigenvalue weighted by Crippen LogP contribution is 2.54. The fourth-order valence-electron chi connectivity index (χ4n) is 6.96. The van der Waals surface area contributed by atoms with Crippen LogP contribution >= 0.6 is 0 Å². The monoisotopic (exact) mass is 540 g/mol. The molecule has 5 rings (SSSR count). The predicted molar refractivity (Wildman–Crippen MR) is 143 cm³/mol. The summed E-state index contributed by atoms with van der Waals surface area (Å²) in [5.74, 6) is -6.50. The average molecular weight is 541 g/mol. The van der Waals surface area contributed by atoms with Gasteiger partial charge in [0.25, 0.3) is 5.91 Å². The number of primary amides is 1. The van der Waals surface area contributed by atoms with Crippen molar-refractivity contribution in [1.29, 1.82) is 0 Å². The number of anilines is 1. The molecule has 0 unspecified atom stereocenters. The number of rotatable bonds is 6. The van der Waals surface area contributed by atoms with Crippen LogP contribution in [-0.4, -0.2) is 101 Å². The maximum absolute atomic E-state index is 14.0. The molecule has 11 heteroatoms. The molecular weight excluding hydrogens is 504 g/mol. The number of fused-ring (bicyclic) bond motifs is 3. The molecule has 0 radical (unpaired) electrons. The summed E-state index contributed by atoms with van der Waals surface area (Å²) >= 11 is 0. The molecule has 39 heavy (non-hydrogen) atoms. The van der Waals surface area contributed by atoms with Gasteiger partial charge >= 0.3 is 0 Å². The van der Waals surface area contributed by atoms with Gasteiger partial charge in [0.1, 0.15) is 22.8 Å². The van der Waals surface area contributed by atoms with Crippen LogP contribution in [0.2, 0.25) is 0 Å². The number of ketones is 2. The number of hydrogen-bond donors (Lipinski definition) is 5. The molecule has 1 amide bonds. The van der Waals surface area contributed by atoms with E-state index in [2.05, 4.69) is 4.90 Å². The molecule has 0 saturated heterocycles. The Labute approximate surface area is 226 Å². The number of carbonyl (C=O) groups excluding carboxylic acids is 3. The molecule has 0 heterocycles. The molecule has 0 spiro atoms. The number of Topliss-reactive ketones (excluding diaryl/α,β-unsaturated/α-hetero) is 2. The van der Waals surface area contributed by atoms with E-state index in [9.17, 15) is 34.8 Å². The van der Waals surface area contributed by atoms with Crippen LogP contribution in [0.3, 0.4) is 0 Å². The van der Waals surface area contributed by atoms with E-state index in [1.807, 2.05) is 26.0 Å². The van der Waals surface area contributed by atoms with E-state index in [-0.39, 0.29) is 29.7 Å². The van der Waals surface area contributed by atoms with Crippen LogP contribution in [0.5, 0.6) is 5.75 Å². The molecule has 0 aromatic heterocycles. The number of aromatic hydroxyl groups is 1. The molecular formula is C28H36N4O7. The molecule has 4 aliphatic rings. The van der Waals surface area contributed by atoms with Gasteiger partial charge in [-0.25, -0.2) is 0 Å². The molecule has 0 aliphatic heterocycles. The van der Waals surface area contributed by atoms with Crippen molar-refractivity contribution >= 4 is 28.9 Å². The van der Waals surface area contributed by atoms with E-state index in [1.165, 1.54) is 4.90 Å². The summed E-state index contributed by atoms with van der Waals surface area (Å²) in [6.45, 7) is 0.591. The highest BCUT2D eigenvalue weighted by Gasteiger charge is 2.64.